The predicted molar refractivity (Wildman–Crippen MR) is 74.6 cm³/mol. The van der Waals surface area contributed by atoms with Gasteiger partial charge in [0, 0.05) is 6.04 Å². The molecule has 106 valence electrons. The number of carboxylic acid groups (broad SMARTS) is 1. The van der Waals surface area contributed by atoms with E-state index in [-0.39, 0.29) is 6.04 Å². The molecule has 18 heavy (non-hydrogen) atoms. The SMILES string of the molecule is CCC(C(=O)O)N(C)C1CC(C)CCC1C(C)C. The van der Waals surface area contributed by atoms with Crippen molar-refractivity contribution in [3.63, 3.8) is 0 Å². The van der Waals surface area contributed by atoms with E-state index in [4.69, 9.17) is 0 Å². The number of likely N-dealkylation sites (N-methyl/N-ethyl adjacent to an activating group) is 1. The minimum atomic E-state index is -0.680. The summed E-state index contributed by atoms with van der Waals surface area (Å²) in [4.78, 5) is 13.5. The molecule has 1 saturated carbocycles. The van der Waals surface area contributed by atoms with Crippen LogP contribution in [0.3, 0.4) is 0 Å². The molecule has 0 amide bonds. The number of carboxylic acids is 1. The van der Waals surface area contributed by atoms with Crippen molar-refractivity contribution in [1.29, 1.82) is 0 Å². The van der Waals surface area contributed by atoms with Crippen molar-refractivity contribution in [2.24, 2.45) is 17.8 Å². The first-order chi connectivity index (χ1) is 8.38. The molecule has 0 bridgehead atoms. The van der Waals surface area contributed by atoms with E-state index in [2.05, 4.69) is 25.7 Å². The summed E-state index contributed by atoms with van der Waals surface area (Å²) in [5.41, 5.74) is 0. The first-order valence-electron chi connectivity index (χ1n) is 7.33. The number of hydrogen-bond donors (Lipinski definition) is 1. The van der Waals surface area contributed by atoms with Gasteiger partial charge in [-0.05, 0) is 44.1 Å². The molecule has 1 aliphatic carbocycles. The minimum Gasteiger partial charge on any atom is -0.480 e. The average Bonchev–Trinajstić information content (AvgIpc) is 2.28. The van der Waals surface area contributed by atoms with Gasteiger partial charge in [0.2, 0.25) is 0 Å². The van der Waals surface area contributed by atoms with Crippen LogP contribution in [0.2, 0.25) is 0 Å². The van der Waals surface area contributed by atoms with Gasteiger partial charge >= 0.3 is 5.97 Å². The van der Waals surface area contributed by atoms with Gasteiger partial charge in [-0.15, -0.1) is 0 Å². The van der Waals surface area contributed by atoms with Crippen LogP contribution in [-0.2, 0) is 4.79 Å². The van der Waals surface area contributed by atoms with Crippen molar-refractivity contribution >= 4 is 5.97 Å². The fourth-order valence-electron chi connectivity index (χ4n) is 3.49. The first-order valence-corrected chi connectivity index (χ1v) is 7.33. The highest BCUT2D eigenvalue weighted by Crippen LogP contribution is 2.36. The third-order valence-electron chi connectivity index (χ3n) is 4.67. The molecular weight excluding hydrogens is 226 g/mol. The Bertz CT molecular complexity index is 278. The highest BCUT2D eigenvalue weighted by Gasteiger charge is 2.37. The number of aliphatic carboxylic acids is 1. The zero-order valence-electron chi connectivity index (χ0n) is 12.5. The second-order valence-corrected chi connectivity index (χ2v) is 6.32. The van der Waals surface area contributed by atoms with Crippen molar-refractivity contribution < 1.29 is 9.90 Å². The number of nitrogens with zero attached hydrogens (tertiary/aromatic N) is 1. The fraction of sp³-hybridized carbons (Fsp3) is 0.933. The van der Waals surface area contributed by atoms with Crippen molar-refractivity contribution in [2.75, 3.05) is 7.05 Å². The summed E-state index contributed by atoms with van der Waals surface area (Å²) in [5, 5.41) is 9.32. The summed E-state index contributed by atoms with van der Waals surface area (Å²) in [6.45, 7) is 8.79. The molecule has 0 heterocycles. The molecule has 0 aromatic heterocycles. The quantitative estimate of drug-likeness (QED) is 0.820. The molecule has 0 radical (unpaired) electrons. The van der Waals surface area contributed by atoms with Gasteiger partial charge in [0.05, 0.1) is 0 Å². The number of carbonyl (C=O) groups is 1. The number of rotatable bonds is 5. The fourth-order valence-corrected chi connectivity index (χ4v) is 3.49. The third-order valence-corrected chi connectivity index (χ3v) is 4.67. The van der Waals surface area contributed by atoms with Crippen molar-refractivity contribution in [3.8, 4) is 0 Å². The first kappa shape index (κ1) is 15.5. The summed E-state index contributed by atoms with van der Waals surface area (Å²) in [6.07, 6.45) is 4.35. The van der Waals surface area contributed by atoms with Crippen LogP contribution in [0.5, 0.6) is 0 Å². The van der Waals surface area contributed by atoms with Crippen LogP contribution < -0.4 is 0 Å². The molecule has 0 spiro atoms. The van der Waals surface area contributed by atoms with E-state index in [9.17, 15) is 9.90 Å². The van der Waals surface area contributed by atoms with Gasteiger partial charge in [-0.1, -0.05) is 34.1 Å². The maximum absolute atomic E-state index is 11.3. The van der Waals surface area contributed by atoms with Gasteiger partial charge in [0.1, 0.15) is 6.04 Å². The molecule has 1 N–H and O–H groups in total. The third kappa shape index (κ3) is 3.47. The Balaban J connectivity index is 2.83. The Kier molecular flexibility index (Phi) is 5.64. The summed E-state index contributed by atoms with van der Waals surface area (Å²) >= 11 is 0. The number of hydrogen-bond acceptors (Lipinski definition) is 2. The van der Waals surface area contributed by atoms with Gasteiger partial charge < -0.3 is 5.11 Å². The van der Waals surface area contributed by atoms with E-state index in [1.54, 1.807) is 0 Å². The second kappa shape index (κ2) is 6.55. The Morgan fingerprint density at radius 2 is 2.00 bits per heavy atom. The van der Waals surface area contributed by atoms with Crippen molar-refractivity contribution in [2.45, 2.75) is 65.5 Å². The molecule has 1 aliphatic rings. The topological polar surface area (TPSA) is 40.5 Å². The maximum atomic E-state index is 11.3. The lowest BCUT2D eigenvalue weighted by Gasteiger charge is -2.44. The van der Waals surface area contributed by atoms with Crippen LogP contribution in [0.4, 0.5) is 0 Å². The molecule has 4 unspecified atom stereocenters. The summed E-state index contributed by atoms with van der Waals surface area (Å²) in [7, 11) is 2.00. The summed E-state index contributed by atoms with van der Waals surface area (Å²) < 4.78 is 0. The van der Waals surface area contributed by atoms with E-state index >= 15 is 0 Å². The monoisotopic (exact) mass is 255 g/mol. The second-order valence-electron chi connectivity index (χ2n) is 6.32. The zero-order chi connectivity index (χ0) is 13.9. The molecule has 0 aromatic carbocycles. The molecular formula is C15H29NO2. The smallest absolute Gasteiger partial charge is 0.320 e. The highest BCUT2D eigenvalue weighted by molar-refractivity contribution is 5.73. The van der Waals surface area contributed by atoms with Crippen LogP contribution >= 0.6 is 0 Å². The van der Waals surface area contributed by atoms with Crippen LogP contribution in [0.1, 0.15) is 53.4 Å². The lowest BCUT2D eigenvalue weighted by Crippen LogP contribution is -2.50. The van der Waals surface area contributed by atoms with Gasteiger partial charge in [-0.25, -0.2) is 0 Å². The summed E-state index contributed by atoms with van der Waals surface area (Å²) in [5.74, 6) is 1.32. The Labute approximate surface area is 112 Å². The van der Waals surface area contributed by atoms with E-state index in [1.807, 2.05) is 14.0 Å². The average molecular weight is 255 g/mol. The molecule has 0 aromatic rings. The van der Waals surface area contributed by atoms with Crippen molar-refractivity contribution in [3.05, 3.63) is 0 Å². The van der Waals surface area contributed by atoms with E-state index in [1.165, 1.54) is 12.8 Å². The lowest BCUT2D eigenvalue weighted by atomic mass is 9.73. The normalized spacial score (nSPS) is 30.7. The Morgan fingerprint density at radius 1 is 1.39 bits per heavy atom. The molecule has 0 saturated heterocycles. The lowest BCUT2D eigenvalue weighted by molar-refractivity contribution is -0.145. The molecule has 4 atom stereocenters. The van der Waals surface area contributed by atoms with Gasteiger partial charge in [-0.2, -0.15) is 0 Å². The van der Waals surface area contributed by atoms with Gasteiger partial charge in [0.15, 0.2) is 0 Å². The van der Waals surface area contributed by atoms with E-state index < -0.39 is 5.97 Å². The highest BCUT2D eigenvalue weighted by atomic mass is 16.4. The van der Waals surface area contributed by atoms with Crippen LogP contribution in [0.15, 0.2) is 0 Å². The molecule has 3 heteroatoms. The van der Waals surface area contributed by atoms with E-state index in [0.717, 1.165) is 12.3 Å². The molecule has 1 fully saturated rings. The van der Waals surface area contributed by atoms with Gasteiger partial charge in [0.25, 0.3) is 0 Å². The van der Waals surface area contributed by atoms with E-state index in [0.29, 0.717) is 24.3 Å². The standard InChI is InChI=1S/C15H29NO2/c1-6-13(15(17)18)16(5)14-9-11(4)7-8-12(14)10(2)3/h10-14H,6-9H2,1-5H3,(H,17,18). The molecule has 3 nitrogen and oxygen atoms in total. The minimum absolute atomic E-state index is 0.332. The Morgan fingerprint density at radius 3 is 2.44 bits per heavy atom. The Hall–Kier alpha value is -0.570. The van der Waals surface area contributed by atoms with Crippen molar-refractivity contribution in [1.82, 2.24) is 4.90 Å². The largest absolute Gasteiger partial charge is 0.480 e. The maximum Gasteiger partial charge on any atom is 0.320 e. The predicted octanol–water partition coefficient (Wildman–Crippen LogP) is 3.24. The zero-order valence-corrected chi connectivity index (χ0v) is 12.5. The van der Waals surface area contributed by atoms with Crippen LogP contribution in [0, 0.1) is 17.8 Å². The summed E-state index contributed by atoms with van der Waals surface area (Å²) in [6, 6.07) is 0.0938. The van der Waals surface area contributed by atoms with Crippen LogP contribution in [-0.4, -0.2) is 35.1 Å². The van der Waals surface area contributed by atoms with Crippen LogP contribution in [0.25, 0.3) is 0 Å². The van der Waals surface area contributed by atoms with Gasteiger partial charge in [-0.3, -0.25) is 9.69 Å². The molecule has 1 rings (SSSR count). The molecule has 0 aliphatic heterocycles.